The van der Waals surface area contributed by atoms with Crippen LogP contribution in [-0.4, -0.2) is 18.9 Å². The van der Waals surface area contributed by atoms with Gasteiger partial charge in [0.25, 0.3) is 0 Å². The molecule has 1 rings (SSSR count). The van der Waals surface area contributed by atoms with Crippen molar-refractivity contribution in [3.63, 3.8) is 0 Å². The second-order valence-electron chi connectivity index (χ2n) is 5.60. The van der Waals surface area contributed by atoms with Gasteiger partial charge in [-0.15, -0.1) is 0 Å². The lowest BCUT2D eigenvalue weighted by Gasteiger charge is -2.29. The minimum Gasteiger partial charge on any atom is -0.468 e. The van der Waals surface area contributed by atoms with Crippen LogP contribution < -0.4 is 0 Å². The Balaban J connectivity index is 3.12. The second-order valence-corrected chi connectivity index (χ2v) is 5.60. The Morgan fingerprint density at radius 3 is 2.05 bits per heavy atom. The quantitative estimate of drug-likeness (QED) is 0.605. The van der Waals surface area contributed by atoms with Crippen molar-refractivity contribution in [2.45, 2.75) is 33.1 Å². The summed E-state index contributed by atoms with van der Waals surface area (Å²) < 4.78 is 4.77. The Hall–Kier alpha value is -1.64. The third-order valence-corrected chi connectivity index (χ3v) is 3.52. The molecule has 3 nitrogen and oxygen atoms in total. The van der Waals surface area contributed by atoms with E-state index in [1.54, 1.807) is 0 Å². The van der Waals surface area contributed by atoms with Gasteiger partial charge in [-0.3, -0.25) is 9.59 Å². The molecule has 0 aliphatic rings. The molecule has 1 aromatic carbocycles. The van der Waals surface area contributed by atoms with Gasteiger partial charge in [0.15, 0.2) is 5.78 Å². The summed E-state index contributed by atoms with van der Waals surface area (Å²) in [7, 11) is 1.32. The van der Waals surface area contributed by atoms with Crippen LogP contribution in [-0.2, 0) is 19.7 Å². The van der Waals surface area contributed by atoms with Gasteiger partial charge in [-0.2, -0.15) is 0 Å². The molecule has 104 valence electrons. The molecule has 3 heteroatoms. The van der Waals surface area contributed by atoms with E-state index < -0.39 is 17.3 Å². The van der Waals surface area contributed by atoms with E-state index in [2.05, 4.69) is 0 Å². The summed E-state index contributed by atoms with van der Waals surface area (Å²) in [5.74, 6) is -1.35. The first-order valence-corrected chi connectivity index (χ1v) is 6.50. The maximum atomic E-state index is 12.7. The van der Waals surface area contributed by atoms with Crippen molar-refractivity contribution in [2.24, 2.45) is 11.8 Å². The number of Topliss-reactive ketones (excluding diaryl/α,β-unsaturated/α-hetero) is 1. The average molecular weight is 262 g/mol. The number of ether oxygens (including phenoxy) is 1. The Kier molecular flexibility index (Phi) is 4.87. The zero-order valence-electron chi connectivity index (χ0n) is 12.3. The highest BCUT2D eigenvalue weighted by atomic mass is 16.5. The highest BCUT2D eigenvalue weighted by Gasteiger charge is 2.40. The Bertz CT molecular complexity index is 446. The van der Waals surface area contributed by atoms with Crippen molar-refractivity contribution >= 4 is 11.8 Å². The SMILES string of the molecule is COC(=O)C(C(=O)C(C)(C)c1ccccc1)C(C)C. The van der Waals surface area contributed by atoms with E-state index in [0.29, 0.717) is 0 Å². The smallest absolute Gasteiger partial charge is 0.316 e. The van der Waals surface area contributed by atoms with Crippen molar-refractivity contribution in [3.8, 4) is 0 Å². The standard InChI is InChI=1S/C16H22O3/c1-11(2)13(15(18)19-5)14(17)16(3,4)12-9-7-6-8-10-12/h6-11,13H,1-5H3. The fourth-order valence-corrected chi connectivity index (χ4v) is 2.19. The minimum atomic E-state index is -0.722. The molecule has 0 bridgehead atoms. The molecular weight excluding hydrogens is 240 g/mol. The zero-order chi connectivity index (χ0) is 14.6. The second kappa shape index (κ2) is 6.00. The Morgan fingerprint density at radius 1 is 1.11 bits per heavy atom. The molecule has 0 aliphatic heterocycles. The Morgan fingerprint density at radius 2 is 1.63 bits per heavy atom. The molecule has 0 aliphatic carbocycles. The highest BCUT2D eigenvalue weighted by Crippen LogP contribution is 2.30. The van der Waals surface area contributed by atoms with Crippen LogP contribution in [0.3, 0.4) is 0 Å². The molecule has 0 amide bonds. The van der Waals surface area contributed by atoms with Gasteiger partial charge in [0.1, 0.15) is 5.92 Å². The molecule has 0 aromatic heterocycles. The summed E-state index contributed by atoms with van der Waals surface area (Å²) in [4.78, 5) is 24.5. The monoisotopic (exact) mass is 262 g/mol. The number of ketones is 1. The zero-order valence-corrected chi connectivity index (χ0v) is 12.3. The van der Waals surface area contributed by atoms with Gasteiger partial charge in [-0.25, -0.2) is 0 Å². The third kappa shape index (κ3) is 3.22. The summed E-state index contributed by atoms with van der Waals surface area (Å²) in [6.07, 6.45) is 0. The first kappa shape index (κ1) is 15.4. The van der Waals surface area contributed by atoms with E-state index in [0.717, 1.165) is 5.56 Å². The number of benzene rings is 1. The molecule has 1 aromatic rings. The lowest BCUT2D eigenvalue weighted by Crippen LogP contribution is -2.41. The summed E-state index contributed by atoms with van der Waals surface area (Å²) in [6.45, 7) is 7.42. The van der Waals surface area contributed by atoms with Gasteiger partial charge in [0, 0.05) is 5.41 Å². The molecule has 0 N–H and O–H groups in total. The first-order chi connectivity index (χ1) is 8.82. The van der Waals surface area contributed by atoms with Crippen LogP contribution in [0.4, 0.5) is 0 Å². The number of methoxy groups -OCH3 is 1. The predicted molar refractivity (Wildman–Crippen MR) is 74.8 cm³/mol. The molecule has 0 heterocycles. The maximum absolute atomic E-state index is 12.7. The number of carbonyl (C=O) groups is 2. The third-order valence-electron chi connectivity index (χ3n) is 3.52. The summed E-state index contributed by atoms with van der Waals surface area (Å²) >= 11 is 0. The van der Waals surface area contributed by atoms with E-state index in [9.17, 15) is 9.59 Å². The fraction of sp³-hybridized carbons (Fsp3) is 0.500. The molecule has 1 unspecified atom stereocenters. The number of esters is 1. The summed E-state index contributed by atoms with van der Waals surface area (Å²) in [5.41, 5.74) is 0.208. The molecule has 0 fully saturated rings. The van der Waals surface area contributed by atoms with Crippen LogP contribution in [0.5, 0.6) is 0 Å². The summed E-state index contributed by atoms with van der Waals surface area (Å²) in [5, 5.41) is 0. The van der Waals surface area contributed by atoms with Crippen LogP contribution in [0.15, 0.2) is 30.3 Å². The van der Waals surface area contributed by atoms with Crippen LogP contribution in [0.2, 0.25) is 0 Å². The normalized spacial score (nSPS) is 13.2. The lowest BCUT2D eigenvalue weighted by atomic mass is 9.73. The topological polar surface area (TPSA) is 43.4 Å². The molecule has 0 spiro atoms. The van der Waals surface area contributed by atoms with E-state index in [-0.39, 0.29) is 11.7 Å². The average Bonchev–Trinajstić information content (AvgIpc) is 2.39. The fourth-order valence-electron chi connectivity index (χ4n) is 2.19. The van der Waals surface area contributed by atoms with Crippen LogP contribution >= 0.6 is 0 Å². The molecule has 0 saturated heterocycles. The van der Waals surface area contributed by atoms with E-state index in [1.807, 2.05) is 58.0 Å². The molecule has 19 heavy (non-hydrogen) atoms. The first-order valence-electron chi connectivity index (χ1n) is 6.50. The largest absolute Gasteiger partial charge is 0.468 e. The van der Waals surface area contributed by atoms with Gasteiger partial charge in [0.2, 0.25) is 0 Å². The van der Waals surface area contributed by atoms with Gasteiger partial charge in [-0.1, -0.05) is 44.2 Å². The maximum Gasteiger partial charge on any atom is 0.316 e. The van der Waals surface area contributed by atoms with Gasteiger partial charge in [0.05, 0.1) is 7.11 Å². The highest BCUT2D eigenvalue weighted by molar-refractivity contribution is 6.04. The molecular formula is C16H22O3. The van der Waals surface area contributed by atoms with Crippen molar-refractivity contribution in [3.05, 3.63) is 35.9 Å². The number of rotatable bonds is 5. The van der Waals surface area contributed by atoms with Crippen LogP contribution in [0.25, 0.3) is 0 Å². The summed E-state index contributed by atoms with van der Waals surface area (Å²) in [6, 6.07) is 9.52. The molecule has 1 atom stereocenters. The van der Waals surface area contributed by atoms with Crippen LogP contribution in [0, 0.1) is 11.8 Å². The van der Waals surface area contributed by atoms with Gasteiger partial charge < -0.3 is 4.74 Å². The van der Waals surface area contributed by atoms with Gasteiger partial charge >= 0.3 is 5.97 Å². The van der Waals surface area contributed by atoms with Gasteiger partial charge in [-0.05, 0) is 25.3 Å². The molecule has 0 saturated carbocycles. The van der Waals surface area contributed by atoms with Crippen LogP contribution in [0.1, 0.15) is 33.3 Å². The number of hydrogen-bond acceptors (Lipinski definition) is 3. The predicted octanol–water partition coefficient (Wildman–Crippen LogP) is 2.98. The van der Waals surface area contributed by atoms with Crippen molar-refractivity contribution in [1.82, 2.24) is 0 Å². The minimum absolute atomic E-state index is 0.0806. The number of carbonyl (C=O) groups excluding carboxylic acids is 2. The Labute approximate surface area is 115 Å². The molecule has 0 radical (unpaired) electrons. The van der Waals surface area contributed by atoms with Crippen molar-refractivity contribution in [1.29, 1.82) is 0 Å². The van der Waals surface area contributed by atoms with E-state index in [1.165, 1.54) is 7.11 Å². The van der Waals surface area contributed by atoms with E-state index >= 15 is 0 Å². The van der Waals surface area contributed by atoms with Crippen molar-refractivity contribution < 1.29 is 14.3 Å². The van der Waals surface area contributed by atoms with E-state index in [4.69, 9.17) is 4.74 Å². The van der Waals surface area contributed by atoms with Crippen molar-refractivity contribution in [2.75, 3.05) is 7.11 Å². The lowest BCUT2D eigenvalue weighted by molar-refractivity contribution is -0.152. The number of hydrogen-bond donors (Lipinski definition) is 0.